The van der Waals surface area contributed by atoms with Crippen LogP contribution in [0.5, 0.6) is 0 Å². The van der Waals surface area contributed by atoms with Crippen LogP contribution in [0, 0.1) is 17.8 Å². The molecule has 0 fully saturated rings. The Morgan fingerprint density at radius 2 is 2.31 bits per heavy atom. The number of unbranched alkanes of at least 4 members (excludes halogenated alkanes) is 2. The van der Waals surface area contributed by atoms with Crippen molar-refractivity contribution in [2.45, 2.75) is 52.4 Å². The smallest absolute Gasteiger partial charge is 0.00167 e. The third kappa shape index (κ3) is 3.68. The van der Waals surface area contributed by atoms with E-state index in [0.717, 1.165) is 5.92 Å². The predicted octanol–water partition coefficient (Wildman–Crippen LogP) is 3.93. The third-order valence-corrected chi connectivity index (χ3v) is 2.69. The van der Waals surface area contributed by atoms with E-state index in [9.17, 15) is 0 Å². The summed E-state index contributed by atoms with van der Waals surface area (Å²) in [4.78, 5) is 0. The number of hydrogen-bond acceptors (Lipinski definition) is 0. The normalized spacial score (nSPS) is 20.8. The molecule has 0 amide bonds. The Bertz CT molecular complexity index is 224. The zero-order valence-corrected chi connectivity index (χ0v) is 8.90. The van der Waals surface area contributed by atoms with Gasteiger partial charge in [-0.05, 0) is 37.7 Å². The van der Waals surface area contributed by atoms with Gasteiger partial charge in [0, 0.05) is 0 Å². The van der Waals surface area contributed by atoms with Gasteiger partial charge in [-0.2, -0.15) is 0 Å². The summed E-state index contributed by atoms with van der Waals surface area (Å²) in [5, 5.41) is 0. The highest BCUT2D eigenvalue weighted by atomic mass is 14.2. The van der Waals surface area contributed by atoms with Crippen molar-refractivity contribution in [3.8, 4) is 11.8 Å². The molecule has 0 aromatic heterocycles. The molecule has 0 N–H and O–H groups in total. The van der Waals surface area contributed by atoms with Gasteiger partial charge in [0.2, 0.25) is 0 Å². The van der Waals surface area contributed by atoms with Crippen molar-refractivity contribution in [3.63, 3.8) is 0 Å². The largest absolute Gasteiger partial charge is 0.102 e. The summed E-state index contributed by atoms with van der Waals surface area (Å²) in [5.74, 6) is 6.99. The van der Waals surface area contributed by atoms with Crippen molar-refractivity contribution >= 4 is 0 Å². The lowest BCUT2D eigenvalue weighted by Gasteiger charge is -2.04. The Balaban J connectivity index is 2.25. The summed E-state index contributed by atoms with van der Waals surface area (Å²) in [6.07, 6.45) is 10.4. The number of allylic oxidation sites excluding steroid dienone is 2. The standard InChI is InChI=1S/C13H20/c1-3-5-6-8-13-10-9-12(11-13)7-4-2/h11,13H,3,5-6,8-10H2,1-2H3. The van der Waals surface area contributed by atoms with Crippen molar-refractivity contribution in [1.82, 2.24) is 0 Å². The first-order valence-corrected chi connectivity index (χ1v) is 5.50. The minimum absolute atomic E-state index is 0.836. The lowest BCUT2D eigenvalue weighted by molar-refractivity contribution is 0.531. The first kappa shape index (κ1) is 10.4. The van der Waals surface area contributed by atoms with Crippen molar-refractivity contribution in [3.05, 3.63) is 11.6 Å². The highest BCUT2D eigenvalue weighted by Crippen LogP contribution is 2.27. The van der Waals surface area contributed by atoms with Crippen molar-refractivity contribution in [1.29, 1.82) is 0 Å². The monoisotopic (exact) mass is 176 g/mol. The van der Waals surface area contributed by atoms with E-state index in [0.29, 0.717) is 0 Å². The van der Waals surface area contributed by atoms with E-state index < -0.39 is 0 Å². The predicted molar refractivity (Wildman–Crippen MR) is 58.4 cm³/mol. The molecule has 0 aromatic carbocycles. The molecule has 72 valence electrons. The van der Waals surface area contributed by atoms with Crippen LogP contribution in [-0.2, 0) is 0 Å². The highest BCUT2D eigenvalue weighted by Gasteiger charge is 2.13. The molecule has 1 aliphatic carbocycles. The molecule has 0 bridgehead atoms. The second kappa shape index (κ2) is 5.86. The molecule has 0 saturated heterocycles. The van der Waals surface area contributed by atoms with Crippen LogP contribution >= 0.6 is 0 Å². The van der Waals surface area contributed by atoms with Gasteiger partial charge in [0.05, 0.1) is 0 Å². The van der Waals surface area contributed by atoms with Gasteiger partial charge in [-0.25, -0.2) is 0 Å². The van der Waals surface area contributed by atoms with Gasteiger partial charge in [-0.1, -0.05) is 38.2 Å². The van der Waals surface area contributed by atoms with Crippen LogP contribution in [0.4, 0.5) is 0 Å². The lowest BCUT2D eigenvalue weighted by Crippen LogP contribution is -1.90. The zero-order valence-electron chi connectivity index (χ0n) is 8.90. The lowest BCUT2D eigenvalue weighted by atomic mass is 10.0. The maximum atomic E-state index is 3.18. The molecule has 0 nitrogen and oxygen atoms in total. The molecule has 13 heavy (non-hydrogen) atoms. The molecule has 0 spiro atoms. The molecule has 0 radical (unpaired) electrons. The first-order valence-electron chi connectivity index (χ1n) is 5.50. The van der Waals surface area contributed by atoms with Crippen LogP contribution in [0.1, 0.15) is 52.4 Å². The Morgan fingerprint density at radius 1 is 1.46 bits per heavy atom. The summed E-state index contributed by atoms with van der Waals surface area (Å²) in [5.41, 5.74) is 1.38. The van der Waals surface area contributed by atoms with Gasteiger partial charge in [0.15, 0.2) is 0 Å². The van der Waals surface area contributed by atoms with Crippen LogP contribution < -0.4 is 0 Å². The summed E-state index contributed by atoms with van der Waals surface area (Å²) < 4.78 is 0. The molecular formula is C13H20. The minimum atomic E-state index is 0.836. The number of rotatable bonds is 4. The highest BCUT2D eigenvalue weighted by molar-refractivity contribution is 5.31. The van der Waals surface area contributed by atoms with E-state index in [1.807, 2.05) is 6.92 Å². The van der Waals surface area contributed by atoms with E-state index in [2.05, 4.69) is 24.8 Å². The minimum Gasteiger partial charge on any atom is -0.102 e. The molecule has 0 heteroatoms. The molecule has 0 aromatic rings. The molecule has 0 heterocycles. The second-order valence-electron chi connectivity index (χ2n) is 3.86. The van der Waals surface area contributed by atoms with Crippen molar-refractivity contribution in [2.75, 3.05) is 0 Å². The maximum absolute atomic E-state index is 3.18. The van der Waals surface area contributed by atoms with Crippen molar-refractivity contribution < 1.29 is 0 Å². The van der Waals surface area contributed by atoms with E-state index in [-0.39, 0.29) is 0 Å². The average molecular weight is 176 g/mol. The van der Waals surface area contributed by atoms with Crippen LogP contribution in [0.2, 0.25) is 0 Å². The molecular weight excluding hydrogens is 156 g/mol. The van der Waals surface area contributed by atoms with Gasteiger partial charge in [0.25, 0.3) is 0 Å². The van der Waals surface area contributed by atoms with Crippen LogP contribution in [0.25, 0.3) is 0 Å². The topological polar surface area (TPSA) is 0 Å². The van der Waals surface area contributed by atoms with Gasteiger partial charge >= 0.3 is 0 Å². The van der Waals surface area contributed by atoms with Crippen molar-refractivity contribution in [2.24, 2.45) is 5.92 Å². The van der Waals surface area contributed by atoms with Crippen LogP contribution in [0.15, 0.2) is 11.6 Å². The summed E-state index contributed by atoms with van der Waals surface area (Å²) in [7, 11) is 0. The van der Waals surface area contributed by atoms with E-state index in [4.69, 9.17) is 0 Å². The molecule has 1 unspecified atom stereocenters. The Kier molecular flexibility index (Phi) is 4.68. The quantitative estimate of drug-likeness (QED) is 0.450. The van der Waals surface area contributed by atoms with Gasteiger partial charge in [0.1, 0.15) is 0 Å². The van der Waals surface area contributed by atoms with E-state index >= 15 is 0 Å². The first-order chi connectivity index (χ1) is 6.36. The molecule has 1 atom stereocenters. The van der Waals surface area contributed by atoms with E-state index in [1.54, 1.807) is 0 Å². The zero-order chi connectivity index (χ0) is 9.52. The van der Waals surface area contributed by atoms with Crippen LogP contribution in [-0.4, -0.2) is 0 Å². The SMILES string of the molecule is CC#CC1=CC(CCCCC)CC1. The second-order valence-corrected chi connectivity index (χ2v) is 3.86. The van der Waals surface area contributed by atoms with Gasteiger partial charge < -0.3 is 0 Å². The molecule has 1 rings (SSSR count). The molecule has 0 aliphatic heterocycles. The molecule has 0 saturated carbocycles. The Hall–Kier alpha value is -0.700. The fourth-order valence-electron chi connectivity index (χ4n) is 1.94. The van der Waals surface area contributed by atoms with E-state index in [1.165, 1.54) is 44.1 Å². The average Bonchev–Trinajstić information content (AvgIpc) is 2.54. The fraction of sp³-hybridized carbons (Fsp3) is 0.692. The number of hydrogen-bond donors (Lipinski definition) is 0. The van der Waals surface area contributed by atoms with Gasteiger partial charge in [-0.3, -0.25) is 0 Å². The summed E-state index contributed by atoms with van der Waals surface area (Å²) in [6.45, 7) is 4.18. The summed E-state index contributed by atoms with van der Waals surface area (Å²) in [6, 6.07) is 0. The molecule has 1 aliphatic rings. The van der Waals surface area contributed by atoms with Gasteiger partial charge in [-0.15, -0.1) is 5.92 Å². The fourth-order valence-corrected chi connectivity index (χ4v) is 1.94. The Morgan fingerprint density at radius 3 is 3.00 bits per heavy atom. The summed E-state index contributed by atoms with van der Waals surface area (Å²) >= 11 is 0. The maximum Gasteiger partial charge on any atom is -0.00167 e. The third-order valence-electron chi connectivity index (χ3n) is 2.69. The van der Waals surface area contributed by atoms with Crippen LogP contribution in [0.3, 0.4) is 0 Å². The Labute approximate surface area is 82.4 Å².